The lowest BCUT2D eigenvalue weighted by Gasteiger charge is -2.09. The summed E-state index contributed by atoms with van der Waals surface area (Å²) in [7, 11) is 1.87. The average molecular weight is 274 g/mol. The highest BCUT2D eigenvalue weighted by Gasteiger charge is 2.11. The van der Waals surface area contributed by atoms with E-state index >= 15 is 0 Å². The summed E-state index contributed by atoms with van der Waals surface area (Å²) in [5.74, 6) is -0.133. The highest BCUT2D eigenvalue weighted by atomic mass is 16.1. The summed E-state index contributed by atoms with van der Waals surface area (Å²) in [5.41, 5.74) is 13.7. The summed E-state index contributed by atoms with van der Waals surface area (Å²) < 4.78 is 1.77. The number of carbonyl (C=O) groups excluding carboxylic acids is 1. The molecule has 0 saturated heterocycles. The molecule has 2 aromatic rings. The van der Waals surface area contributed by atoms with Crippen LogP contribution in [0.4, 0.5) is 11.5 Å². The van der Waals surface area contributed by atoms with Crippen LogP contribution in [-0.4, -0.2) is 20.7 Å². The van der Waals surface area contributed by atoms with Crippen LogP contribution < -0.4 is 16.8 Å². The van der Waals surface area contributed by atoms with E-state index in [4.69, 9.17) is 11.5 Å². The van der Waals surface area contributed by atoms with Crippen molar-refractivity contribution in [3.63, 3.8) is 0 Å². The Morgan fingerprint density at radius 1 is 1.50 bits per heavy atom. The van der Waals surface area contributed by atoms with E-state index in [0.717, 1.165) is 17.7 Å². The van der Waals surface area contributed by atoms with Crippen LogP contribution in [0, 0.1) is 0 Å². The van der Waals surface area contributed by atoms with Crippen molar-refractivity contribution >= 4 is 17.4 Å². The average Bonchev–Trinajstić information content (AvgIpc) is 2.77. The molecule has 0 aliphatic heterocycles. The van der Waals surface area contributed by atoms with Gasteiger partial charge in [-0.1, -0.05) is 6.92 Å². The quantitative estimate of drug-likeness (QED) is 0.742. The Kier molecular flexibility index (Phi) is 3.88. The van der Waals surface area contributed by atoms with Crippen LogP contribution in [0.15, 0.2) is 18.5 Å². The standard InChI is InChI=1S/C13H18N6O/c1-3-11-8(7-19(2)18-11)5-16-13-10(12(15)20)4-9(14)6-17-13/h4,6-7H,3,5,14H2,1-2H3,(H2,15,20)(H,16,17). The van der Waals surface area contributed by atoms with E-state index in [1.165, 1.54) is 12.3 Å². The number of nitrogen functional groups attached to an aromatic ring is 1. The van der Waals surface area contributed by atoms with Crippen LogP contribution in [0.2, 0.25) is 0 Å². The molecule has 0 aromatic carbocycles. The van der Waals surface area contributed by atoms with Gasteiger partial charge in [0, 0.05) is 25.4 Å². The third kappa shape index (κ3) is 2.87. The summed E-state index contributed by atoms with van der Waals surface area (Å²) in [6.07, 6.45) is 4.27. The van der Waals surface area contributed by atoms with Crippen molar-refractivity contribution in [2.24, 2.45) is 12.8 Å². The molecule has 0 bridgehead atoms. The minimum atomic E-state index is -0.561. The van der Waals surface area contributed by atoms with Crippen molar-refractivity contribution in [3.05, 3.63) is 35.3 Å². The number of hydrogen-bond donors (Lipinski definition) is 3. The minimum absolute atomic E-state index is 0.284. The topological polar surface area (TPSA) is 112 Å². The third-order valence-corrected chi connectivity index (χ3v) is 2.95. The first kappa shape index (κ1) is 13.9. The van der Waals surface area contributed by atoms with Gasteiger partial charge in [-0.15, -0.1) is 0 Å². The van der Waals surface area contributed by atoms with Crippen LogP contribution in [0.1, 0.15) is 28.5 Å². The lowest BCUT2D eigenvalue weighted by Crippen LogP contribution is -2.16. The van der Waals surface area contributed by atoms with Gasteiger partial charge in [0.05, 0.1) is 23.1 Å². The summed E-state index contributed by atoms with van der Waals surface area (Å²) >= 11 is 0. The van der Waals surface area contributed by atoms with Crippen molar-refractivity contribution in [1.29, 1.82) is 0 Å². The first-order valence-electron chi connectivity index (χ1n) is 6.31. The summed E-state index contributed by atoms with van der Waals surface area (Å²) in [6.45, 7) is 2.57. The molecule has 0 fully saturated rings. The maximum absolute atomic E-state index is 11.4. The van der Waals surface area contributed by atoms with Crippen LogP contribution in [0.3, 0.4) is 0 Å². The minimum Gasteiger partial charge on any atom is -0.397 e. The Morgan fingerprint density at radius 2 is 2.25 bits per heavy atom. The van der Waals surface area contributed by atoms with Gasteiger partial charge in [-0.2, -0.15) is 5.10 Å². The van der Waals surface area contributed by atoms with Gasteiger partial charge in [0.15, 0.2) is 0 Å². The van der Waals surface area contributed by atoms with Gasteiger partial charge in [-0.25, -0.2) is 4.98 Å². The normalized spacial score (nSPS) is 10.5. The van der Waals surface area contributed by atoms with E-state index in [1.54, 1.807) is 4.68 Å². The molecule has 0 saturated carbocycles. The second kappa shape index (κ2) is 5.60. The Bertz CT molecular complexity index is 634. The summed E-state index contributed by atoms with van der Waals surface area (Å²) in [4.78, 5) is 15.5. The Balaban J connectivity index is 2.20. The number of primary amides is 1. The fraction of sp³-hybridized carbons (Fsp3) is 0.308. The molecule has 2 heterocycles. The van der Waals surface area contributed by atoms with Crippen molar-refractivity contribution in [3.8, 4) is 0 Å². The molecule has 5 N–H and O–H groups in total. The lowest BCUT2D eigenvalue weighted by atomic mass is 10.2. The molecule has 0 spiro atoms. The van der Waals surface area contributed by atoms with Crippen LogP contribution >= 0.6 is 0 Å². The fourth-order valence-corrected chi connectivity index (χ4v) is 2.02. The van der Waals surface area contributed by atoms with E-state index in [9.17, 15) is 4.79 Å². The van der Waals surface area contributed by atoms with Gasteiger partial charge in [-0.05, 0) is 12.5 Å². The summed E-state index contributed by atoms with van der Waals surface area (Å²) in [6, 6.07) is 1.52. The van der Waals surface area contributed by atoms with Gasteiger partial charge < -0.3 is 16.8 Å². The van der Waals surface area contributed by atoms with Gasteiger partial charge in [0.25, 0.3) is 5.91 Å². The second-order valence-corrected chi connectivity index (χ2v) is 4.51. The Hall–Kier alpha value is -2.57. The molecular formula is C13H18N6O. The van der Waals surface area contributed by atoms with Crippen molar-refractivity contribution < 1.29 is 4.79 Å². The number of nitrogens with two attached hydrogens (primary N) is 2. The van der Waals surface area contributed by atoms with E-state index < -0.39 is 5.91 Å². The predicted octanol–water partition coefficient (Wildman–Crippen LogP) is 0.671. The number of nitrogens with zero attached hydrogens (tertiary/aromatic N) is 3. The van der Waals surface area contributed by atoms with Crippen molar-refractivity contribution in [1.82, 2.24) is 14.8 Å². The van der Waals surface area contributed by atoms with Gasteiger partial charge >= 0.3 is 0 Å². The third-order valence-electron chi connectivity index (χ3n) is 2.95. The zero-order valence-corrected chi connectivity index (χ0v) is 11.6. The van der Waals surface area contributed by atoms with E-state index in [-0.39, 0.29) is 5.56 Å². The number of rotatable bonds is 5. The molecule has 7 nitrogen and oxygen atoms in total. The van der Waals surface area contributed by atoms with Crippen LogP contribution in [0.25, 0.3) is 0 Å². The first-order valence-corrected chi connectivity index (χ1v) is 6.31. The van der Waals surface area contributed by atoms with E-state index in [1.807, 2.05) is 20.2 Å². The maximum Gasteiger partial charge on any atom is 0.252 e. The van der Waals surface area contributed by atoms with Gasteiger partial charge in [-0.3, -0.25) is 9.48 Å². The van der Waals surface area contributed by atoms with Gasteiger partial charge in [0.1, 0.15) is 5.82 Å². The Labute approximate surface area is 117 Å². The molecule has 20 heavy (non-hydrogen) atoms. The second-order valence-electron chi connectivity index (χ2n) is 4.51. The van der Waals surface area contributed by atoms with Crippen LogP contribution in [0.5, 0.6) is 0 Å². The zero-order valence-electron chi connectivity index (χ0n) is 11.6. The maximum atomic E-state index is 11.4. The molecule has 2 rings (SSSR count). The summed E-state index contributed by atoms with van der Waals surface area (Å²) in [5, 5.41) is 7.46. The van der Waals surface area contributed by atoms with Gasteiger partial charge in [0.2, 0.25) is 0 Å². The van der Waals surface area contributed by atoms with E-state index in [2.05, 4.69) is 15.4 Å². The Morgan fingerprint density at radius 3 is 2.90 bits per heavy atom. The van der Waals surface area contributed by atoms with Crippen molar-refractivity contribution in [2.45, 2.75) is 19.9 Å². The molecule has 0 unspecified atom stereocenters. The number of nitrogens with one attached hydrogen (secondary N) is 1. The molecule has 106 valence electrons. The number of carbonyl (C=O) groups is 1. The monoisotopic (exact) mass is 274 g/mol. The van der Waals surface area contributed by atoms with Crippen LogP contribution in [-0.2, 0) is 20.0 Å². The molecule has 0 radical (unpaired) electrons. The number of pyridine rings is 1. The first-order chi connectivity index (χ1) is 9.51. The number of amides is 1. The predicted molar refractivity (Wildman–Crippen MR) is 77.1 cm³/mol. The molecule has 0 atom stereocenters. The zero-order chi connectivity index (χ0) is 14.7. The number of anilines is 2. The highest BCUT2D eigenvalue weighted by molar-refractivity contribution is 5.98. The van der Waals surface area contributed by atoms with E-state index in [0.29, 0.717) is 18.1 Å². The van der Waals surface area contributed by atoms with Crippen molar-refractivity contribution in [2.75, 3.05) is 11.1 Å². The number of aryl methyl sites for hydroxylation is 2. The molecule has 0 aliphatic carbocycles. The molecule has 0 aliphatic rings. The number of aromatic nitrogens is 3. The molecular weight excluding hydrogens is 256 g/mol. The number of hydrogen-bond acceptors (Lipinski definition) is 5. The largest absolute Gasteiger partial charge is 0.397 e. The fourth-order valence-electron chi connectivity index (χ4n) is 2.02. The molecule has 1 amide bonds. The molecule has 7 heteroatoms. The molecule has 2 aromatic heterocycles. The smallest absolute Gasteiger partial charge is 0.252 e. The SMILES string of the molecule is CCc1nn(C)cc1CNc1ncc(N)cc1C(N)=O. The lowest BCUT2D eigenvalue weighted by molar-refractivity contribution is 0.100. The highest BCUT2D eigenvalue weighted by Crippen LogP contribution is 2.17.